The van der Waals surface area contributed by atoms with Gasteiger partial charge < -0.3 is 15.2 Å². The Kier molecular flexibility index (Phi) is 6.67. The summed E-state index contributed by atoms with van der Waals surface area (Å²) in [4.78, 5) is 12.1. The SMILES string of the molecule is COc1ccc(S(=O)(=O)N[C@@H](CO)C(=O)NCc2ccc(F)cc2)cc1. The van der Waals surface area contributed by atoms with Crippen molar-refractivity contribution >= 4 is 15.9 Å². The van der Waals surface area contributed by atoms with Gasteiger partial charge in [0.25, 0.3) is 0 Å². The summed E-state index contributed by atoms with van der Waals surface area (Å²) in [6, 6.07) is 9.71. The predicted octanol–water partition coefficient (Wildman–Crippen LogP) is 0.790. The van der Waals surface area contributed by atoms with Crippen LogP contribution in [0.5, 0.6) is 5.75 Å². The lowest BCUT2D eigenvalue weighted by atomic mass is 10.2. The number of sulfonamides is 1. The van der Waals surface area contributed by atoms with Crippen LogP contribution in [-0.2, 0) is 21.4 Å². The largest absolute Gasteiger partial charge is 0.497 e. The lowest BCUT2D eigenvalue weighted by molar-refractivity contribution is -0.123. The average molecular weight is 382 g/mol. The maximum absolute atomic E-state index is 12.9. The topological polar surface area (TPSA) is 105 Å². The summed E-state index contributed by atoms with van der Waals surface area (Å²) in [5, 5.41) is 11.9. The van der Waals surface area contributed by atoms with Crippen LogP contribution in [0.1, 0.15) is 5.56 Å². The number of amides is 1. The van der Waals surface area contributed by atoms with E-state index in [1.165, 1.54) is 55.6 Å². The van der Waals surface area contributed by atoms with Crippen molar-refractivity contribution in [3.63, 3.8) is 0 Å². The first-order chi connectivity index (χ1) is 12.4. The van der Waals surface area contributed by atoms with Gasteiger partial charge in [-0.25, -0.2) is 12.8 Å². The number of ether oxygens (including phenoxy) is 1. The van der Waals surface area contributed by atoms with E-state index in [9.17, 15) is 22.7 Å². The zero-order chi connectivity index (χ0) is 19.2. The maximum Gasteiger partial charge on any atom is 0.241 e. The maximum atomic E-state index is 12.9. The van der Waals surface area contributed by atoms with Gasteiger partial charge in [0.15, 0.2) is 0 Å². The van der Waals surface area contributed by atoms with Crippen molar-refractivity contribution in [3.8, 4) is 5.75 Å². The van der Waals surface area contributed by atoms with Gasteiger partial charge in [-0.1, -0.05) is 12.1 Å². The fourth-order valence-corrected chi connectivity index (χ4v) is 3.29. The number of aliphatic hydroxyl groups is 1. The first kappa shape index (κ1) is 19.8. The number of methoxy groups -OCH3 is 1. The fraction of sp³-hybridized carbons (Fsp3) is 0.235. The lowest BCUT2D eigenvalue weighted by Crippen LogP contribution is -2.48. The molecule has 2 aromatic carbocycles. The van der Waals surface area contributed by atoms with Crippen LogP contribution in [0.4, 0.5) is 4.39 Å². The molecule has 0 radical (unpaired) electrons. The molecule has 1 atom stereocenters. The van der Waals surface area contributed by atoms with Gasteiger partial charge in [-0.2, -0.15) is 4.72 Å². The second kappa shape index (κ2) is 8.75. The molecule has 26 heavy (non-hydrogen) atoms. The molecule has 0 bridgehead atoms. The summed E-state index contributed by atoms with van der Waals surface area (Å²) in [6.07, 6.45) is 0. The summed E-state index contributed by atoms with van der Waals surface area (Å²) in [7, 11) is -2.55. The van der Waals surface area contributed by atoms with E-state index in [2.05, 4.69) is 10.0 Å². The number of hydrogen-bond acceptors (Lipinski definition) is 5. The van der Waals surface area contributed by atoms with Gasteiger partial charge in [0.2, 0.25) is 15.9 Å². The van der Waals surface area contributed by atoms with Gasteiger partial charge in [0, 0.05) is 6.54 Å². The number of aliphatic hydroxyl groups excluding tert-OH is 1. The van der Waals surface area contributed by atoms with Gasteiger partial charge in [0.05, 0.1) is 18.6 Å². The molecule has 0 aliphatic rings. The summed E-state index contributed by atoms with van der Waals surface area (Å²) in [6.45, 7) is -0.648. The lowest BCUT2D eigenvalue weighted by Gasteiger charge is -2.16. The number of carbonyl (C=O) groups is 1. The second-order valence-corrected chi connectivity index (χ2v) is 7.09. The van der Waals surface area contributed by atoms with E-state index in [-0.39, 0.29) is 11.4 Å². The van der Waals surface area contributed by atoms with Crippen LogP contribution in [0.2, 0.25) is 0 Å². The van der Waals surface area contributed by atoms with Crippen LogP contribution < -0.4 is 14.8 Å². The molecule has 0 aliphatic carbocycles. The Morgan fingerprint density at radius 3 is 2.31 bits per heavy atom. The van der Waals surface area contributed by atoms with E-state index in [1.54, 1.807) is 0 Å². The van der Waals surface area contributed by atoms with Crippen molar-refractivity contribution in [2.45, 2.75) is 17.5 Å². The van der Waals surface area contributed by atoms with Crippen molar-refractivity contribution in [3.05, 3.63) is 59.9 Å². The van der Waals surface area contributed by atoms with E-state index in [0.29, 0.717) is 11.3 Å². The van der Waals surface area contributed by atoms with Gasteiger partial charge in [-0.3, -0.25) is 4.79 Å². The van der Waals surface area contributed by atoms with Crippen LogP contribution in [0.15, 0.2) is 53.4 Å². The molecule has 1 amide bonds. The molecule has 0 heterocycles. The minimum atomic E-state index is -4.01. The molecule has 0 saturated heterocycles. The summed E-state index contributed by atoms with van der Waals surface area (Å²) >= 11 is 0. The second-order valence-electron chi connectivity index (χ2n) is 5.38. The molecular formula is C17H19FN2O5S. The molecule has 0 aliphatic heterocycles. The zero-order valence-electron chi connectivity index (χ0n) is 14.0. The van der Waals surface area contributed by atoms with Gasteiger partial charge in [0.1, 0.15) is 17.6 Å². The fourth-order valence-electron chi connectivity index (χ4n) is 2.10. The predicted molar refractivity (Wildman–Crippen MR) is 92.4 cm³/mol. The number of rotatable bonds is 8. The van der Waals surface area contributed by atoms with Crippen molar-refractivity contribution < 1.29 is 27.4 Å². The number of halogens is 1. The van der Waals surface area contributed by atoms with Gasteiger partial charge in [-0.05, 0) is 42.0 Å². The molecule has 0 fully saturated rings. The molecule has 2 rings (SSSR count). The highest BCUT2D eigenvalue weighted by Crippen LogP contribution is 2.15. The molecule has 3 N–H and O–H groups in total. The van der Waals surface area contributed by atoms with Crippen molar-refractivity contribution in [2.24, 2.45) is 0 Å². The van der Waals surface area contributed by atoms with E-state index in [1.807, 2.05) is 0 Å². The smallest absolute Gasteiger partial charge is 0.241 e. The number of benzene rings is 2. The van der Waals surface area contributed by atoms with Gasteiger partial charge in [-0.15, -0.1) is 0 Å². The van der Waals surface area contributed by atoms with Crippen molar-refractivity contribution in [1.82, 2.24) is 10.0 Å². The Hall–Kier alpha value is -2.49. The monoisotopic (exact) mass is 382 g/mol. The summed E-state index contributed by atoms with van der Waals surface area (Å²) in [5.74, 6) is -0.617. The quantitative estimate of drug-likeness (QED) is 0.626. The Morgan fingerprint density at radius 2 is 1.77 bits per heavy atom. The molecule has 0 unspecified atom stereocenters. The van der Waals surface area contributed by atoms with E-state index in [4.69, 9.17) is 4.74 Å². The third kappa shape index (κ3) is 5.25. The van der Waals surface area contributed by atoms with Crippen LogP contribution >= 0.6 is 0 Å². The molecule has 0 spiro atoms. The van der Waals surface area contributed by atoms with Crippen LogP contribution in [0.3, 0.4) is 0 Å². The molecule has 2 aromatic rings. The van der Waals surface area contributed by atoms with Crippen molar-refractivity contribution in [2.75, 3.05) is 13.7 Å². The number of carbonyl (C=O) groups excluding carboxylic acids is 1. The molecule has 0 saturated carbocycles. The number of nitrogens with one attached hydrogen (secondary N) is 2. The Labute approximate surface area is 150 Å². The van der Waals surface area contributed by atoms with E-state index in [0.717, 1.165) is 0 Å². The minimum absolute atomic E-state index is 0.0666. The van der Waals surface area contributed by atoms with Crippen LogP contribution in [-0.4, -0.2) is 39.2 Å². The van der Waals surface area contributed by atoms with Gasteiger partial charge >= 0.3 is 0 Å². The molecular weight excluding hydrogens is 363 g/mol. The standard InChI is InChI=1S/C17H19FN2O5S/c1-25-14-6-8-15(9-7-14)26(23,24)20-16(11-21)17(22)19-10-12-2-4-13(18)5-3-12/h2-9,16,20-21H,10-11H2,1H3,(H,19,22)/t16-/m0/s1. The normalized spacial score (nSPS) is 12.4. The molecule has 7 nitrogen and oxygen atoms in total. The summed E-state index contributed by atoms with van der Waals surface area (Å²) < 4.78 is 44.6. The van der Waals surface area contributed by atoms with E-state index < -0.39 is 34.4 Å². The molecule has 140 valence electrons. The number of hydrogen-bond donors (Lipinski definition) is 3. The van der Waals surface area contributed by atoms with Crippen molar-refractivity contribution in [1.29, 1.82) is 0 Å². The van der Waals surface area contributed by atoms with Crippen LogP contribution in [0.25, 0.3) is 0 Å². The third-order valence-corrected chi connectivity index (χ3v) is 5.03. The first-order valence-corrected chi connectivity index (χ1v) is 9.13. The zero-order valence-corrected chi connectivity index (χ0v) is 14.8. The third-order valence-electron chi connectivity index (χ3n) is 3.55. The van der Waals surface area contributed by atoms with Crippen LogP contribution in [0, 0.1) is 5.82 Å². The highest BCUT2D eigenvalue weighted by molar-refractivity contribution is 7.89. The Bertz CT molecular complexity index is 838. The highest BCUT2D eigenvalue weighted by Gasteiger charge is 2.25. The highest BCUT2D eigenvalue weighted by atomic mass is 32.2. The Morgan fingerprint density at radius 1 is 1.15 bits per heavy atom. The summed E-state index contributed by atoms with van der Waals surface area (Å²) in [5.41, 5.74) is 0.634. The van der Waals surface area contributed by atoms with E-state index >= 15 is 0 Å². The molecule has 0 aromatic heterocycles. The molecule has 9 heteroatoms. The minimum Gasteiger partial charge on any atom is -0.497 e. The Balaban J connectivity index is 2.01. The average Bonchev–Trinajstić information content (AvgIpc) is 2.65. The first-order valence-electron chi connectivity index (χ1n) is 7.65.